The molecule has 0 bridgehead atoms. The minimum absolute atomic E-state index is 0.147. The lowest BCUT2D eigenvalue weighted by molar-refractivity contribution is -0.00154. The first kappa shape index (κ1) is 24.0. The van der Waals surface area contributed by atoms with Crippen molar-refractivity contribution in [3.05, 3.63) is 113 Å². The van der Waals surface area contributed by atoms with Gasteiger partial charge in [0.1, 0.15) is 17.2 Å². The molecule has 10 nitrogen and oxygen atoms in total. The molecule has 2 heterocycles. The molecule has 0 fully saturated rings. The molecule has 0 aromatic heterocycles. The largest absolute Gasteiger partial charge is 0.453 e. The van der Waals surface area contributed by atoms with Crippen molar-refractivity contribution < 1.29 is 27.9 Å². The van der Waals surface area contributed by atoms with Crippen LogP contribution in [0.4, 0.5) is 0 Å². The Morgan fingerprint density at radius 1 is 0.919 bits per heavy atom. The second kappa shape index (κ2) is 9.37. The van der Waals surface area contributed by atoms with E-state index < -0.39 is 15.7 Å². The van der Waals surface area contributed by atoms with Crippen molar-refractivity contribution in [3.8, 4) is 23.0 Å². The van der Waals surface area contributed by atoms with Gasteiger partial charge in [-0.1, -0.05) is 18.2 Å². The number of rotatable bonds is 6. The zero-order chi connectivity index (χ0) is 26.2. The van der Waals surface area contributed by atoms with Crippen molar-refractivity contribution in [1.82, 2.24) is 5.06 Å². The lowest BCUT2D eigenvalue weighted by atomic mass is 10.2. The Labute approximate surface area is 211 Å². The number of para-hydroxylation sites is 1. The van der Waals surface area contributed by atoms with Crippen molar-refractivity contribution in [2.24, 2.45) is 15.7 Å². The fraction of sp³-hybridized carbons (Fsp3) is 0.0385. The lowest BCUT2D eigenvalue weighted by Crippen LogP contribution is -2.21. The van der Waals surface area contributed by atoms with Gasteiger partial charge in [0.25, 0.3) is 5.91 Å². The fourth-order valence-corrected chi connectivity index (χ4v) is 4.25. The molecule has 0 radical (unpaired) electrons. The highest BCUT2D eigenvalue weighted by Gasteiger charge is 2.19. The van der Waals surface area contributed by atoms with Crippen molar-refractivity contribution in [2.75, 3.05) is 6.26 Å². The summed E-state index contributed by atoms with van der Waals surface area (Å²) in [7, 11) is -3.37. The summed E-state index contributed by atoms with van der Waals surface area (Å²) in [6.45, 7) is 0. The predicted molar refractivity (Wildman–Crippen MR) is 132 cm³/mol. The highest BCUT2D eigenvalue weighted by atomic mass is 32.2. The van der Waals surface area contributed by atoms with Crippen LogP contribution in [-0.4, -0.2) is 30.9 Å². The quantitative estimate of drug-likeness (QED) is 0.513. The van der Waals surface area contributed by atoms with E-state index in [1.165, 1.54) is 36.5 Å². The summed E-state index contributed by atoms with van der Waals surface area (Å²) in [5, 5.41) is 12.0. The van der Waals surface area contributed by atoms with Crippen molar-refractivity contribution in [3.63, 3.8) is 0 Å². The van der Waals surface area contributed by atoms with E-state index in [-0.39, 0.29) is 33.5 Å². The van der Waals surface area contributed by atoms with Gasteiger partial charge < -0.3 is 15.2 Å². The van der Waals surface area contributed by atoms with Gasteiger partial charge in [-0.3, -0.25) is 10.0 Å². The predicted octanol–water partition coefficient (Wildman–Crippen LogP) is 2.97. The average Bonchev–Trinajstić information content (AvgIpc) is 3.27. The highest BCUT2D eigenvalue weighted by molar-refractivity contribution is 7.90. The molecule has 2 aliphatic heterocycles. The Balaban J connectivity index is 1.61. The molecule has 0 aliphatic carbocycles. The van der Waals surface area contributed by atoms with Crippen LogP contribution >= 0.6 is 0 Å². The van der Waals surface area contributed by atoms with Crippen LogP contribution < -0.4 is 25.9 Å². The van der Waals surface area contributed by atoms with E-state index in [0.717, 1.165) is 11.3 Å². The maximum atomic E-state index is 11.9. The SMILES string of the molecule is CS(=O)(=O)c1ccc(Oc2cc3c(cc2Oc2ccccc2C(N)=O)=NC(=C2C=CC=CN2O)N=3)cc1. The third kappa shape index (κ3) is 4.99. The molecule has 1 amide bonds. The van der Waals surface area contributed by atoms with Gasteiger partial charge in [-0.25, -0.2) is 23.5 Å². The van der Waals surface area contributed by atoms with Gasteiger partial charge in [-0.15, -0.1) is 0 Å². The van der Waals surface area contributed by atoms with Crippen LogP contribution in [0, 0.1) is 0 Å². The summed E-state index contributed by atoms with van der Waals surface area (Å²) in [6.07, 6.45) is 7.64. The van der Waals surface area contributed by atoms with E-state index in [0.29, 0.717) is 22.2 Å². The summed E-state index contributed by atoms with van der Waals surface area (Å²) in [4.78, 5) is 21.1. The molecule has 3 aromatic rings. The second-order valence-corrected chi connectivity index (χ2v) is 10.1. The number of fused-ring (bicyclic) bond motifs is 1. The number of benzene rings is 3. The van der Waals surface area contributed by atoms with Crippen LogP contribution in [0.5, 0.6) is 23.0 Å². The van der Waals surface area contributed by atoms with Crippen LogP contribution in [0.15, 0.2) is 111 Å². The number of ether oxygens (including phenoxy) is 2. The Hall–Kier alpha value is -4.74. The molecule has 5 rings (SSSR count). The van der Waals surface area contributed by atoms with Gasteiger partial charge in [0.15, 0.2) is 27.2 Å². The smallest absolute Gasteiger partial charge is 0.252 e. The zero-order valence-electron chi connectivity index (χ0n) is 19.4. The molecule has 11 heteroatoms. The van der Waals surface area contributed by atoms with E-state index in [4.69, 9.17) is 15.2 Å². The van der Waals surface area contributed by atoms with Crippen LogP contribution in [0.1, 0.15) is 10.4 Å². The van der Waals surface area contributed by atoms with Crippen molar-refractivity contribution in [1.29, 1.82) is 0 Å². The number of carbonyl (C=O) groups excluding carboxylic acids is 1. The summed E-state index contributed by atoms with van der Waals surface area (Å²) >= 11 is 0. The molecule has 3 aromatic carbocycles. The van der Waals surface area contributed by atoms with Gasteiger partial charge in [0.05, 0.1) is 21.2 Å². The van der Waals surface area contributed by atoms with Crippen LogP contribution in [-0.2, 0) is 9.84 Å². The number of allylic oxidation sites excluding steroid dienone is 3. The Kier molecular flexibility index (Phi) is 6.07. The maximum absolute atomic E-state index is 11.9. The van der Waals surface area contributed by atoms with Gasteiger partial charge in [-0.2, -0.15) is 0 Å². The Morgan fingerprint density at radius 3 is 2.19 bits per heavy atom. The minimum atomic E-state index is -3.37. The van der Waals surface area contributed by atoms with E-state index in [2.05, 4.69) is 9.98 Å². The molecule has 3 N–H and O–H groups in total. The summed E-state index contributed by atoms with van der Waals surface area (Å²) in [5.74, 6) is 0.608. The van der Waals surface area contributed by atoms with Crippen LogP contribution in [0.3, 0.4) is 0 Å². The van der Waals surface area contributed by atoms with Gasteiger partial charge in [0.2, 0.25) is 0 Å². The molecule has 0 unspecified atom stereocenters. The minimum Gasteiger partial charge on any atom is -0.453 e. The summed E-state index contributed by atoms with van der Waals surface area (Å²) in [6, 6.07) is 15.6. The molecule has 37 heavy (non-hydrogen) atoms. The topological polar surface area (TPSA) is 144 Å². The monoisotopic (exact) mass is 516 g/mol. The molecule has 186 valence electrons. The van der Waals surface area contributed by atoms with Crippen LogP contribution in [0.25, 0.3) is 0 Å². The molecule has 0 atom stereocenters. The molecular formula is C26H20N4O6S. The van der Waals surface area contributed by atoms with E-state index in [1.807, 2.05) is 0 Å². The van der Waals surface area contributed by atoms with Gasteiger partial charge >= 0.3 is 0 Å². The first-order valence-corrected chi connectivity index (χ1v) is 12.8. The maximum Gasteiger partial charge on any atom is 0.252 e. The number of carbonyl (C=O) groups is 1. The number of hydroxylamine groups is 2. The number of primary amides is 1. The van der Waals surface area contributed by atoms with Crippen molar-refractivity contribution in [2.45, 2.75) is 4.90 Å². The number of nitrogens with zero attached hydrogens (tertiary/aromatic N) is 3. The lowest BCUT2D eigenvalue weighted by Gasteiger charge is -2.15. The Morgan fingerprint density at radius 2 is 1.57 bits per heavy atom. The van der Waals surface area contributed by atoms with Crippen molar-refractivity contribution >= 4 is 15.7 Å². The van der Waals surface area contributed by atoms with E-state index in [1.54, 1.807) is 48.6 Å². The number of hydrogen-bond donors (Lipinski definition) is 2. The first-order chi connectivity index (χ1) is 17.7. The third-order valence-electron chi connectivity index (χ3n) is 5.41. The molecular weight excluding hydrogens is 496 g/mol. The van der Waals surface area contributed by atoms with Gasteiger partial charge in [0, 0.05) is 24.6 Å². The number of nitrogens with two attached hydrogens (primary N) is 1. The first-order valence-electron chi connectivity index (χ1n) is 10.9. The zero-order valence-corrected chi connectivity index (χ0v) is 20.2. The average molecular weight is 517 g/mol. The van der Waals surface area contributed by atoms with Gasteiger partial charge in [-0.05, 0) is 48.6 Å². The number of hydrogen-bond acceptors (Lipinski definition) is 9. The number of amides is 1. The molecule has 0 spiro atoms. The normalized spacial score (nSPS) is 16.1. The summed E-state index contributed by atoms with van der Waals surface area (Å²) < 4.78 is 35.7. The van der Waals surface area contributed by atoms with E-state index in [9.17, 15) is 18.4 Å². The molecule has 0 saturated heterocycles. The molecule has 0 saturated carbocycles. The molecule has 2 aliphatic rings. The fourth-order valence-electron chi connectivity index (χ4n) is 3.62. The standard InChI is InChI=1S/C26H20N4O6S/c1-37(33,34)17-11-9-16(10-12-17)35-23-14-19-20(29-26(28-19)21-7-4-5-13-30(21)32)15-24(23)36-22-8-3-2-6-18(22)25(27)31/h2-15,32H,1H3,(H2,27,31). The van der Waals surface area contributed by atoms with Crippen LogP contribution in [0.2, 0.25) is 0 Å². The van der Waals surface area contributed by atoms with E-state index >= 15 is 0 Å². The number of sulfone groups is 1. The Bertz CT molecular complexity index is 1740. The highest BCUT2D eigenvalue weighted by Crippen LogP contribution is 2.35. The second-order valence-electron chi connectivity index (χ2n) is 8.07. The summed E-state index contributed by atoms with van der Waals surface area (Å²) in [5.41, 5.74) is 6.05. The third-order valence-corrected chi connectivity index (χ3v) is 6.54.